The number of amides is 4. The van der Waals surface area contributed by atoms with Crippen LogP contribution in [0.15, 0.2) is 48.5 Å². The molecule has 0 saturated heterocycles. The van der Waals surface area contributed by atoms with Crippen molar-refractivity contribution in [1.82, 2.24) is 10.2 Å². The van der Waals surface area contributed by atoms with Crippen LogP contribution in [-0.2, 0) is 11.2 Å². The molecule has 0 radical (unpaired) electrons. The fourth-order valence-electron chi connectivity index (χ4n) is 4.29. The second-order valence-electron chi connectivity index (χ2n) is 10.1. The van der Waals surface area contributed by atoms with Crippen molar-refractivity contribution in [1.29, 1.82) is 5.26 Å². The number of nitrogens with zero attached hydrogens (tertiary/aromatic N) is 2. The van der Waals surface area contributed by atoms with E-state index in [9.17, 15) is 19.6 Å². The fraction of sp³-hybridized carbons (Fsp3) is 0.429. The average molecular weight is 491 g/mol. The minimum atomic E-state index is -0.813. The molecule has 1 fully saturated rings. The minimum absolute atomic E-state index is 0.242. The number of hydrogen-bond acceptors (Lipinski definition) is 5. The predicted molar refractivity (Wildman–Crippen MR) is 137 cm³/mol. The maximum absolute atomic E-state index is 13.2. The zero-order chi connectivity index (χ0) is 26.3. The summed E-state index contributed by atoms with van der Waals surface area (Å²) < 4.78 is 5.50. The van der Waals surface area contributed by atoms with Gasteiger partial charge in [0, 0.05) is 18.0 Å². The molecule has 4 amide bonds. The molecule has 1 unspecified atom stereocenters. The summed E-state index contributed by atoms with van der Waals surface area (Å²) in [7, 11) is 0. The Morgan fingerprint density at radius 1 is 1.03 bits per heavy atom. The number of rotatable bonds is 6. The number of imide groups is 1. The lowest BCUT2D eigenvalue weighted by Crippen LogP contribution is -2.53. The van der Waals surface area contributed by atoms with Gasteiger partial charge in [0.25, 0.3) is 0 Å². The zero-order valence-corrected chi connectivity index (χ0v) is 21.1. The number of ether oxygens (including phenoxy) is 1. The topological polar surface area (TPSA) is 126 Å². The molecule has 1 saturated carbocycles. The van der Waals surface area contributed by atoms with Crippen LogP contribution in [0.1, 0.15) is 68.8 Å². The number of nitriles is 1. The number of nitrogens with two attached hydrogens (primary N) is 1. The first-order valence-corrected chi connectivity index (χ1v) is 12.3. The highest BCUT2D eigenvalue weighted by Crippen LogP contribution is 2.25. The number of urea groups is 1. The number of benzene rings is 2. The summed E-state index contributed by atoms with van der Waals surface area (Å²) in [6, 6.07) is 15.1. The highest BCUT2D eigenvalue weighted by Gasteiger charge is 2.35. The molecule has 8 heteroatoms. The third-order valence-electron chi connectivity index (χ3n) is 6.10. The van der Waals surface area contributed by atoms with E-state index in [0.29, 0.717) is 5.56 Å². The van der Waals surface area contributed by atoms with Gasteiger partial charge in [0.1, 0.15) is 11.6 Å². The Balaban J connectivity index is 1.68. The van der Waals surface area contributed by atoms with Crippen LogP contribution in [0.4, 0.5) is 9.59 Å². The second-order valence-corrected chi connectivity index (χ2v) is 10.1. The Hall–Kier alpha value is -3.86. The van der Waals surface area contributed by atoms with E-state index in [1.165, 1.54) is 0 Å². The van der Waals surface area contributed by atoms with E-state index in [4.69, 9.17) is 10.5 Å². The minimum Gasteiger partial charge on any atom is -0.443 e. The van der Waals surface area contributed by atoms with Crippen LogP contribution in [0.25, 0.3) is 11.1 Å². The second kappa shape index (κ2) is 11.7. The van der Waals surface area contributed by atoms with Crippen LogP contribution < -0.4 is 11.1 Å². The van der Waals surface area contributed by atoms with E-state index < -0.39 is 29.7 Å². The summed E-state index contributed by atoms with van der Waals surface area (Å²) in [4.78, 5) is 38.5. The highest BCUT2D eigenvalue weighted by atomic mass is 16.6. The number of nitrogens with one attached hydrogen (secondary N) is 1. The quantitative estimate of drug-likeness (QED) is 0.578. The summed E-state index contributed by atoms with van der Waals surface area (Å²) in [6.07, 6.45) is 4.02. The van der Waals surface area contributed by atoms with Crippen LogP contribution >= 0.6 is 0 Å². The average Bonchev–Trinajstić information content (AvgIpc) is 2.84. The molecule has 0 aliphatic heterocycles. The number of carbonyl (C=O) groups excluding carboxylic acids is 3. The van der Waals surface area contributed by atoms with Gasteiger partial charge in [0.2, 0.25) is 5.91 Å². The summed E-state index contributed by atoms with van der Waals surface area (Å²) >= 11 is 0. The Morgan fingerprint density at radius 2 is 1.58 bits per heavy atom. The number of primary amides is 1. The van der Waals surface area contributed by atoms with Gasteiger partial charge in [-0.15, -0.1) is 0 Å². The Kier molecular flexibility index (Phi) is 8.70. The molecule has 3 N–H and O–H groups in total. The van der Waals surface area contributed by atoms with Gasteiger partial charge in [0.15, 0.2) is 0 Å². The van der Waals surface area contributed by atoms with Crippen molar-refractivity contribution < 1.29 is 19.1 Å². The SMILES string of the molecule is CC(C)(C)OC(=O)N(C(=O)NC(C#N)Cc1ccc(-c2ccc(C(N)=O)cc2)cc1)C1CCCCC1. The van der Waals surface area contributed by atoms with Crippen molar-refractivity contribution in [2.45, 2.75) is 77.0 Å². The first-order valence-electron chi connectivity index (χ1n) is 12.3. The van der Waals surface area contributed by atoms with Crippen LogP contribution in [0.2, 0.25) is 0 Å². The molecule has 1 aliphatic carbocycles. The molecular weight excluding hydrogens is 456 g/mol. The Labute approximate surface area is 212 Å². The van der Waals surface area contributed by atoms with Crippen molar-refractivity contribution >= 4 is 18.0 Å². The van der Waals surface area contributed by atoms with E-state index >= 15 is 0 Å². The van der Waals surface area contributed by atoms with E-state index in [0.717, 1.165) is 53.7 Å². The molecule has 0 spiro atoms. The lowest BCUT2D eigenvalue weighted by Gasteiger charge is -2.34. The van der Waals surface area contributed by atoms with Crippen LogP contribution in [0.3, 0.4) is 0 Å². The Morgan fingerprint density at radius 3 is 2.08 bits per heavy atom. The normalized spacial score (nSPS) is 14.8. The maximum atomic E-state index is 13.2. The molecule has 2 aromatic rings. The monoisotopic (exact) mass is 490 g/mol. The van der Waals surface area contributed by atoms with Crippen molar-refractivity contribution in [3.8, 4) is 17.2 Å². The zero-order valence-electron chi connectivity index (χ0n) is 21.1. The van der Waals surface area contributed by atoms with Gasteiger partial charge in [-0.1, -0.05) is 55.7 Å². The third-order valence-corrected chi connectivity index (χ3v) is 6.10. The lowest BCUT2D eigenvalue weighted by molar-refractivity contribution is 0.0220. The van der Waals surface area contributed by atoms with Gasteiger partial charge in [0.05, 0.1) is 6.07 Å². The fourth-order valence-corrected chi connectivity index (χ4v) is 4.29. The highest BCUT2D eigenvalue weighted by molar-refractivity contribution is 5.93. The van der Waals surface area contributed by atoms with Crippen molar-refractivity contribution in [3.05, 3.63) is 59.7 Å². The molecule has 1 atom stereocenters. The smallest absolute Gasteiger partial charge is 0.418 e. The summed E-state index contributed by atoms with van der Waals surface area (Å²) in [6.45, 7) is 5.28. The first kappa shape index (κ1) is 26.7. The molecular formula is C28H34N4O4. The van der Waals surface area contributed by atoms with Crippen LogP contribution in [0.5, 0.6) is 0 Å². The molecule has 1 aliphatic rings. The molecule has 36 heavy (non-hydrogen) atoms. The van der Waals surface area contributed by atoms with Crippen molar-refractivity contribution in [2.75, 3.05) is 0 Å². The van der Waals surface area contributed by atoms with Crippen LogP contribution in [0, 0.1) is 11.3 Å². The van der Waals surface area contributed by atoms with Gasteiger partial charge in [-0.25, -0.2) is 14.5 Å². The largest absolute Gasteiger partial charge is 0.443 e. The molecule has 0 aromatic heterocycles. The van der Waals surface area contributed by atoms with E-state index in [1.54, 1.807) is 32.9 Å². The summed E-state index contributed by atoms with van der Waals surface area (Å²) in [5.41, 5.74) is 7.74. The molecule has 0 bridgehead atoms. The van der Waals surface area contributed by atoms with E-state index in [2.05, 4.69) is 11.4 Å². The number of hydrogen-bond donors (Lipinski definition) is 2. The molecule has 190 valence electrons. The van der Waals surface area contributed by atoms with E-state index in [-0.39, 0.29) is 12.5 Å². The van der Waals surface area contributed by atoms with Gasteiger partial charge in [-0.3, -0.25) is 4.79 Å². The molecule has 8 nitrogen and oxygen atoms in total. The molecule has 2 aromatic carbocycles. The molecule has 3 rings (SSSR count). The third kappa shape index (κ3) is 7.32. The standard InChI is InChI=1S/C28H34N4O4/c1-28(2,3)36-27(35)32(24-7-5-4-6-8-24)26(34)31-23(18-29)17-19-9-11-20(12-10-19)21-13-15-22(16-14-21)25(30)33/h9-16,23-24H,4-8,17H2,1-3H3,(H2,30,33)(H,31,34). The van der Waals surface area contributed by atoms with Gasteiger partial charge in [-0.2, -0.15) is 5.26 Å². The van der Waals surface area contributed by atoms with Gasteiger partial charge in [-0.05, 0) is 62.4 Å². The predicted octanol–water partition coefficient (Wildman–Crippen LogP) is 5.17. The summed E-state index contributed by atoms with van der Waals surface area (Å²) in [5.74, 6) is -0.477. The van der Waals surface area contributed by atoms with Gasteiger partial charge < -0.3 is 15.8 Å². The Bertz CT molecular complexity index is 1110. The number of carbonyl (C=O) groups is 3. The lowest BCUT2D eigenvalue weighted by atomic mass is 9.94. The van der Waals surface area contributed by atoms with Crippen molar-refractivity contribution in [2.24, 2.45) is 5.73 Å². The molecule has 0 heterocycles. The van der Waals surface area contributed by atoms with Gasteiger partial charge >= 0.3 is 12.1 Å². The first-order chi connectivity index (χ1) is 17.1. The summed E-state index contributed by atoms with van der Waals surface area (Å²) in [5, 5.41) is 12.4. The van der Waals surface area contributed by atoms with Crippen molar-refractivity contribution in [3.63, 3.8) is 0 Å². The van der Waals surface area contributed by atoms with E-state index in [1.807, 2.05) is 36.4 Å². The maximum Gasteiger partial charge on any atom is 0.418 e. The van der Waals surface area contributed by atoms with Crippen LogP contribution in [-0.4, -0.2) is 40.6 Å².